The van der Waals surface area contributed by atoms with Crippen molar-refractivity contribution in [2.24, 2.45) is 0 Å². The van der Waals surface area contributed by atoms with E-state index in [2.05, 4.69) is 31.9 Å². The van der Waals surface area contributed by atoms with Crippen molar-refractivity contribution in [3.8, 4) is 0 Å². The van der Waals surface area contributed by atoms with Crippen molar-refractivity contribution in [1.82, 2.24) is 4.90 Å². The zero-order valence-electron chi connectivity index (χ0n) is 16.9. The maximum absolute atomic E-state index is 13.1. The summed E-state index contributed by atoms with van der Waals surface area (Å²) in [6.07, 6.45) is 2.67. The average Bonchev–Trinajstić information content (AvgIpc) is 3.10. The second-order valence-electron chi connectivity index (χ2n) is 7.56. The third kappa shape index (κ3) is 4.86. The van der Waals surface area contributed by atoms with Crippen LogP contribution in [0.1, 0.15) is 17.5 Å². The van der Waals surface area contributed by atoms with E-state index < -0.39 is 23.7 Å². The number of carbonyl (C=O) groups excluding carboxylic acids is 3. The smallest absolute Gasteiger partial charge is 0.411 e. The Hall–Kier alpha value is -2.71. The van der Waals surface area contributed by atoms with Crippen LogP contribution in [0.2, 0.25) is 0 Å². The third-order valence-corrected chi connectivity index (χ3v) is 6.44. The molecule has 0 unspecified atom stereocenters. The van der Waals surface area contributed by atoms with Gasteiger partial charge in [0.1, 0.15) is 12.6 Å². The number of ether oxygens (including phenoxy) is 2. The molecule has 1 heterocycles. The average molecular weight is 561 g/mol. The van der Waals surface area contributed by atoms with E-state index in [0.717, 1.165) is 11.1 Å². The van der Waals surface area contributed by atoms with Crippen molar-refractivity contribution in [2.45, 2.75) is 31.2 Å². The number of Topliss-reactive ketones (excluding diaryl/α,β-unsaturated/α-hetero) is 1. The SMILES string of the molecule is O=C1C(Br)=CC2(C=C1Br)C[C@H](N(Cc1ccccc1)C(=O)OCc1ccccc1)C(=O)O2. The standard InChI is InChI=1S/C24H19Br2NO5/c25-18-11-24(12-19(26)21(18)28)13-20(22(29)32-24)27(14-16-7-3-1-4-8-16)23(30)31-15-17-9-5-2-6-10-17/h1-12,20H,13-15H2/t20-/m0/s1. The van der Waals surface area contributed by atoms with Crippen LogP contribution < -0.4 is 0 Å². The summed E-state index contributed by atoms with van der Waals surface area (Å²) in [5, 5.41) is 0. The Morgan fingerprint density at radius 1 is 0.969 bits per heavy atom. The minimum atomic E-state index is -1.12. The van der Waals surface area contributed by atoms with E-state index in [-0.39, 0.29) is 25.4 Å². The fourth-order valence-corrected chi connectivity index (χ4v) is 5.17. The summed E-state index contributed by atoms with van der Waals surface area (Å²) in [6, 6.07) is 17.8. The lowest BCUT2D eigenvalue weighted by Crippen LogP contribution is -2.43. The number of amides is 1. The number of ketones is 1. The molecule has 0 saturated carbocycles. The van der Waals surface area contributed by atoms with Crippen molar-refractivity contribution in [1.29, 1.82) is 0 Å². The molecular formula is C24H19Br2NO5. The molecule has 2 aromatic carbocycles. The molecule has 164 valence electrons. The van der Waals surface area contributed by atoms with Gasteiger partial charge in [0.25, 0.3) is 0 Å². The van der Waals surface area contributed by atoms with Crippen LogP contribution in [0, 0.1) is 0 Å². The van der Waals surface area contributed by atoms with E-state index >= 15 is 0 Å². The van der Waals surface area contributed by atoms with Gasteiger partial charge in [-0.1, -0.05) is 60.7 Å². The summed E-state index contributed by atoms with van der Waals surface area (Å²) < 4.78 is 11.8. The molecule has 2 aromatic rings. The molecule has 8 heteroatoms. The monoisotopic (exact) mass is 559 g/mol. The molecule has 6 nitrogen and oxygen atoms in total. The highest BCUT2D eigenvalue weighted by atomic mass is 79.9. The van der Waals surface area contributed by atoms with Gasteiger partial charge in [-0.25, -0.2) is 9.59 Å². The van der Waals surface area contributed by atoms with Crippen molar-refractivity contribution >= 4 is 49.7 Å². The first-order valence-electron chi connectivity index (χ1n) is 9.92. The number of benzene rings is 2. The van der Waals surface area contributed by atoms with E-state index in [9.17, 15) is 14.4 Å². The molecule has 1 fully saturated rings. The van der Waals surface area contributed by atoms with Gasteiger partial charge >= 0.3 is 12.1 Å². The molecule has 32 heavy (non-hydrogen) atoms. The maximum Gasteiger partial charge on any atom is 0.411 e. The van der Waals surface area contributed by atoms with Gasteiger partial charge in [0.2, 0.25) is 5.78 Å². The van der Waals surface area contributed by atoms with Crippen LogP contribution in [0.25, 0.3) is 0 Å². The van der Waals surface area contributed by atoms with Gasteiger partial charge in [-0.05, 0) is 55.1 Å². The van der Waals surface area contributed by atoms with Crippen molar-refractivity contribution in [3.63, 3.8) is 0 Å². The lowest BCUT2D eigenvalue weighted by atomic mass is 9.92. The fraction of sp³-hybridized carbons (Fsp3) is 0.208. The highest BCUT2D eigenvalue weighted by Gasteiger charge is 2.50. The van der Waals surface area contributed by atoms with Gasteiger partial charge in [-0.2, -0.15) is 0 Å². The summed E-state index contributed by atoms with van der Waals surface area (Å²) in [5.74, 6) is -0.793. The van der Waals surface area contributed by atoms with Gasteiger partial charge < -0.3 is 9.47 Å². The predicted molar refractivity (Wildman–Crippen MR) is 125 cm³/mol. The van der Waals surface area contributed by atoms with E-state index in [1.54, 1.807) is 12.2 Å². The number of hydrogen-bond donors (Lipinski definition) is 0. The third-order valence-electron chi connectivity index (χ3n) is 5.26. The van der Waals surface area contributed by atoms with Crippen molar-refractivity contribution in [2.75, 3.05) is 0 Å². The van der Waals surface area contributed by atoms with Gasteiger partial charge in [0.15, 0.2) is 5.60 Å². The largest absolute Gasteiger partial charge is 0.449 e. The van der Waals surface area contributed by atoms with E-state index in [1.165, 1.54) is 4.90 Å². The summed E-state index contributed by atoms with van der Waals surface area (Å²) in [6.45, 7) is 0.266. The van der Waals surface area contributed by atoms with E-state index in [1.807, 2.05) is 60.7 Å². The second-order valence-corrected chi connectivity index (χ2v) is 9.27. The molecule has 1 aliphatic carbocycles. The van der Waals surface area contributed by atoms with Crippen molar-refractivity contribution < 1.29 is 23.9 Å². The number of halogens is 2. The number of hydrogen-bond acceptors (Lipinski definition) is 5. The summed E-state index contributed by atoms with van der Waals surface area (Å²) >= 11 is 6.47. The Labute approximate surface area is 202 Å². The number of nitrogens with zero attached hydrogens (tertiary/aromatic N) is 1. The normalized spacial score (nSPS) is 19.2. The summed E-state index contributed by atoms with van der Waals surface area (Å²) in [5.41, 5.74) is 0.572. The Morgan fingerprint density at radius 2 is 1.53 bits per heavy atom. The number of rotatable bonds is 5. The van der Waals surface area contributed by atoms with Crippen LogP contribution in [0.3, 0.4) is 0 Å². The van der Waals surface area contributed by atoms with Crippen LogP contribution in [-0.4, -0.2) is 34.4 Å². The Balaban J connectivity index is 1.59. The minimum Gasteiger partial charge on any atom is -0.449 e. The minimum absolute atomic E-state index is 0.0866. The van der Waals surface area contributed by atoms with E-state index in [0.29, 0.717) is 8.96 Å². The maximum atomic E-state index is 13.1. The fourth-order valence-electron chi connectivity index (χ4n) is 3.70. The number of carbonyl (C=O) groups is 3. The molecule has 1 spiro atoms. The summed E-state index contributed by atoms with van der Waals surface area (Å²) in [4.78, 5) is 39.5. The van der Waals surface area contributed by atoms with Crippen LogP contribution in [-0.2, 0) is 32.2 Å². The predicted octanol–water partition coefficient (Wildman–Crippen LogP) is 5.02. The quantitative estimate of drug-likeness (QED) is 0.480. The van der Waals surface area contributed by atoms with Crippen LogP contribution >= 0.6 is 31.9 Å². The Bertz CT molecular complexity index is 1080. The molecule has 0 radical (unpaired) electrons. The molecule has 1 amide bonds. The zero-order valence-corrected chi connectivity index (χ0v) is 20.0. The van der Waals surface area contributed by atoms with E-state index in [4.69, 9.17) is 9.47 Å². The molecule has 1 aliphatic heterocycles. The van der Waals surface area contributed by atoms with Crippen LogP contribution in [0.5, 0.6) is 0 Å². The first kappa shape index (κ1) is 22.5. The molecule has 4 rings (SSSR count). The molecule has 1 atom stereocenters. The van der Waals surface area contributed by atoms with Crippen LogP contribution in [0.15, 0.2) is 81.8 Å². The van der Waals surface area contributed by atoms with Gasteiger partial charge in [0, 0.05) is 13.0 Å². The topological polar surface area (TPSA) is 72.9 Å². The lowest BCUT2D eigenvalue weighted by Gasteiger charge is -2.27. The second kappa shape index (κ2) is 9.42. The number of allylic oxidation sites excluding steroid dienone is 2. The van der Waals surface area contributed by atoms with Crippen molar-refractivity contribution in [3.05, 3.63) is 92.9 Å². The lowest BCUT2D eigenvalue weighted by molar-refractivity contribution is -0.146. The molecule has 1 saturated heterocycles. The molecule has 2 aliphatic rings. The zero-order chi connectivity index (χ0) is 22.7. The highest BCUT2D eigenvalue weighted by molar-refractivity contribution is 9.13. The molecule has 0 bridgehead atoms. The Morgan fingerprint density at radius 3 is 2.12 bits per heavy atom. The summed E-state index contributed by atoms with van der Waals surface area (Å²) in [7, 11) is 0. The molecule has 0 aromatic heterocycles. The Kier molecular flexibility index (Phi) is 6.62. The highest BCUT2D eigenvalue weighted by Crippen LogP contribution is 2.40. The molecule has 0 N–H and O–H groups in total. The number of esters is 1. The van der Waals surface area contributed by atoms with Gasteiger partial charge in [-0.15, -0.1) is 0 Å². The van der Waals surface area contributed by atoms with Crippen LogP contribution in [0.4, 0.5) is 4.79 Å². The van der Waals surface area contributed by atoms with Gasteiger partial charge in [-0.3, -0.25) is 9.69 Å². The first-order chi connectivity index (χ1) is 15.4. The molecular weight excluding hydrogens is 542 g/mol. The van der Waals surface area contributed by atoms with Gasteiger partial charge in [0.05, 0.1) is 8.96 Å². The first-order valence-corrected chi connectivity index (χ1v) is 11.5.